The van der Waals surface area contributed by atoms with Gasteiger partial charge < -0.3 is 15.8 Å². The lowest BCUT2D eigenvalue weighted by Gasteiger charge is -2.13. The van der Waals surface area contributed by atoms with Crippen LogP contribution in [0.1, 0.15) is 19.8 Å². The van der Waals surface area contributed by atoms with Gasteiger partial charge >= 0.3 is 6.09 Å². The minimum Gasteiger partial charge on any atom is -0.453 e. The van der Waals surface area contributed by atoms with Gasteiger partial charge in [-0.15, -0.1) is 0 Å². The molecule has 0 aromatic carbocycles. The summed E-state index contributed by atoms with van der Waals surface area (Å²) in [6.45, 7) is 3.40. The normalized spacial score (nSPS) is 12.2. The van der Waals surface area contributed by atoms with Crippen LogP contribution in [0.25, 0.3) is 0 Å². The molecule has 1 unspecified atom stereocenters. The van der Waals surface area contributed by atoms with Crippen molar-refractivity contribution >= 4 is 6.09 Å². The highest BCUT2D eigenvalue weighted by Crippen LogP contribution is 2.04. The van der Waals surface area contributed by atoms with E-state index in [1.165, 1.54) is 7.11 Å². The molecule has 0 aliphatic heterocycles. The Labute approximate surface area is 73.5 Å². The summed E-state index contributed by atoms with van der Waals surface area (Å²) in [5.74, 6) is 0.467. The Morgan fingerprint density at radius 1 is 1.67 bits per heavy atom. The molecule has 1 atom stereocenters. The van der Waals surface area contributed by atoms with E-state index in [1.807, 2.05) is 0 Å². The van der Waals surface area contributed by atoms with Gasteiger partial charge in [-0.1, -0.05) is 13.3 Å². The van der Waals surface area contributed by atoms with Crippen LogP contribution < -0.4 is 11.1 Å². The molecule has 3 N–H and O–H groups in total. The van der Waals surface area contributed by atoms with Crippen molar-refractivity contribution < 1.29 is 9.53 Å². The highest BCUT2D eigenvalue weighted by Gasteiger charge is 2.06. The number of methoxy groups -OCH3 is 1. The minimum absolute atomic E-state index is 0.370. The quantitative estimate of drug-likeness (QED) is 0.645. The molecule has 4 nitrogen and oxygen atoms in total. The second-order valence-corrected chi connectivity index (χ2v) is 2.72. The van der Waals surface area contributed by atoms with Gasteiger partial charge in [-0.25, -0.2) is 4.79 Å². The van der Waals surface area contributed by atoms with Crippen molar-refractivity contribution in [3.8, 4) is 0 Å². The molecule has 72 valence electrons. The zero-order chi connectivity index (χ0) is 9.40. The summed E-state index contributed by atoms with van der Waals surface area (Å²) >= 11 is 0. The average molecular weight is 174 g/mol. The Morgan fingerprint density at radius 3 is 2.75 bits per heavy atom. The Bertz CT molecular complexity index is 128. The number of rotatable bonds is 5. The monoisotopic (exact) mass is 174 g/mol. The lowest BCUT2D eigenvalue weighted by molar-refractivity contribution is 0.168. The molecule has 0 spiro atoms. The maximum atomic E-state index is 10.7. The van der Waals surface area contributed by atoms with E-state index in [9.17, 15) is 4.79 Å². The molecular weight excluding hydrogens is 156 g/mol. The molecule has 0 radical (unpaired) electrons. The second-order valence-electron chi connectivity index (χ2n) is 2.72. The third kappa shape index (κ3) is 4.96. The zero-order valence-electron chi connectivity index (χ0n) is 7.80. The predicted octanol–water partition coefficient (Wildman–Crippen LogP) is 0.717. The zero-order valence-corrected chi connectivity index (χ0v) is 7.80. The van der Waals surface area contributed by atoms with Gasteiger partial charge in [-0.3, -0.25) is 0 Å². The number of nitrogens with two attached hydrogens (primary N) is 1. The number of nitrogens with one attached hydrogen (secondary N) is 1. The third-order valence-corrected chi connectivity index (χ3v) is 1.87. The van der Waals surface area contributed by atoms with Crippen LogP contribution in [0, 0.1) is 5.92 Å². The molecule has 0 heterocycles. The molecule has 0 saturated heterocycles. The SMILES string of the molecule is CCC(CCN)CNC(=O)OC. The fraction of sp³-hybridized carbons (Fsp3) is 0.875. The van der Waals surface area contributed by atoms with E-state index in [4.69, 9.17) is 5.73 Å². The largest absolute Gasteiger partial charge is 0.453 e. The van der Waals surface area contributed by atoms with Crippen LogP contribution >= 0.6 is 0 Å². The van der Waals surface area contributed by atoms with Crippen molar-refractivity contribution in [1.82, 2.24) is 5.32 Å². The van der Waals surface area contributed by atoms with Crippen molar-refractivity contribution in [3.63, 3.8) is 0 Å². The van der Waals surface area contributed by atoms with Gasteiger partial charge in [0.2, 0.25) is 0 Å². The van der Waals surface area contributed by atoms with Crippen LogP contribution in [0.2, 0.25) is 0 Å². The Balaban J connectivity index is 3.50. The number of amides is 1. The van der Waals surface area contributed by atoms with Crippen molar-refractivity contribution in [2.75, 3.05) is 20.2 Å². The van der Waals surface area contributed by atoms with E-state index in [1.54, 1.807) is 0 Å². The van der Waals surface area contributed by atoms with Crippen molar-refractivity contribution in [2.45, 2.75) is 19.8 Å². The lowest BCUT2D eigenvalue weighted by atomic mass is 10.0. The van der Waals surface area contributed by atoms with Crippen LogP contribution in [0.3, 0.4) is 0 Å². The number of hydrogen-bond acceptors (Lipinski definition) is 3. The van der Waals surface area contributed by atoms with Gasteiger partial charge in [-0.2, -0.15) is 0 Å². The average Bonchev–Trinajstić information content (AvgIpc) is 2.11. The predicted molar refractivity (Wildman–Crippen MR) is 47.9 cm³/mol. The van der Waals surface area contributed by atoms with E-state index in [-0.39, 0.29) is 6.09 Å². The molecule has 0 aromatic rings. The highest BCUT2D eigenvalue weighted by atomic mass is 16.5. The van der Waals surface area contributed by atoms with Gasteiger partial charge in [0.25, 0.3) is 0 Å². The van der Waals surface area contributed by atoms with E-state index >= 15 is 0 Å². The molecule has 4 heteroatoms. The highest BCUT2D eigenvalue weighted by molar-refractivity contribution is 5.66. The first-order chi connectivity index (χ1) is 5.74. The molecular formula is C8H18N2O2. The van der Waals surface area contributed by atoms with E-state index < -0.39 is 0 Å². The maximum Gasteiger partial charge on any atom is 0.406 e. The van der Waals surface area contributed by atoms with Gasteiger partial charge in [0.1, 0.15) is 0 Å². The first-order valence-corrected chi connectivity index (χ1v) is 4.26. The molecule has 1 amide bonds. The number of carbonyl (C=O) groups excluding carboxylic acids is 1. The number of carbonyl (C=O) groups is 1. The molecule has 0 saturated carbocycles. The lowest BCUT2D eigenvalue weighted by Crippen LogP contribution is -2.29. The Kier molecular flexibility index (Phi) is 6.47. The van der Waals surface area contributed by atoms with E-state index in [0.717, 1.165) is 12.8 Å². The summed E-state index contributed by atoms with van der Waals surface area (Å²) < 4.78 is 4.44. The minimum atomic E-state index is -0.370. The number of hydrogen-bond donors (Lipinski definition) is 2. The summed E-state index contributed by atoms with van der Waals surface area (Å²) in [4.78, 5) is 10.7. The topological polar surface area (TPSA) is 64.3 Å². The molecule has 0 rings (SSSR count). The fourth-order valence-corrected chi connectivity index (χ4v) is 0.986. The fourth-order valence-electron chi connectivity index (χ4n) is 0.986. The van der Waals surface area contributed by atoms with Crippen LogP contribution in [0.4, 0.5) is 4.79 Å². The molecule has 12 heavy (non-hydrogen) atoms. The maximum absolute atomic E-state index is 10.7. The number of alkyl carbamates (subject to hydrolysis) is 1. The smallest absolute Gasteiger partial charge is 0.406 e. The van der Waals surface area contributed by atoms with Crippen molar-refractivity contribution in [3.05, 3.63) is 0 Å². The van der Waals surface area contributed by atoms with Crippen LogP contribution in [-0.4, -0.2) is 26.3 Å². The summed E-state index contributed by atoms with van der Waals surface area (Å²) in [7, 11) is 1.36. The first kappa shape index (κ1) is 11.2. The molecule has 0 fully saturated rings. The summed E-state index contributed by atoms with van der Waals surface area (Å²) in [6.07, 6.45) is 1.60. The van der Waals surface area contributed by atoms with E-state index in [0.29, 0.717) is 19.0 Å². The summed E-state index contributed by atoms with van der Waals surface area (Å²) in [6, 6.07) is 0. The van der Waals surface area contributed by atoms with E-state index in [2.05, 4.69) is 17.0 Å². The number of ether oxygens (including phenoxy) is 1. The molecule has 0 aromatic heterocycles. The van der Waals surface area contributed by atoms with Crippen molar-refractivity contribution in [1.29, 1.82) is 0 Å². The second kappa shape index (κ2) is 6.91. The van der Waals surface area contributed by atoms with Gasteiger partial charge in [0, 0.05) is 6.54 Å². The third-order valence-electron chi connectivity index (χ3n) is 1.87. The Hall–Kier alpha value is -0.770. The van der Waals surface area contributed by atoms with Crippen LogP contribution in [-0.2, 0) is 4.74 Å². The molecule has 0 aliphatic rings. The van der Waals surface area contributed by atoms with Crippen LogP contribution in [0.15, 0.2) is 0 Å². The van der Waals surface area contributed by atoms with Gasteiger partial charge in [-0.05, 0) is 18.9 Å². The van der Waals surface area contributed by atoms with Crippen molar-refractivity contribution in [2.24, 2.45) is 11.7 Å². The first-order valence-electron chi connectivity index (χ1n) is 4.26. The van der Waals surface area contributed by atoms with Gasteiger partial charge in [0.15, 0.2) is 0 Å². The standard InChI is InChI=1S/C8H18N2O2/c1-3-7(4-5-9)6-10-8(11)12-2/h7H,3-6,9H2,1-2H3,(H,10,11). The summed E-state index contributed by atoms with van der Waals surface area (Å²) in [5.41, 5.74) is 5.40. The summed E-state index contributed by atoms with van der Waals surface area (Å²) in [5, 5.41) is 2.65. The Morgan fingerprint density at radius 2 is 2.33 bits per heavy atom. The van der Waals surface area contributed by atoms with Crippen LogP contribution in [0.5, 0.6) is 0 Å². The van der Waals surface area contributed by atoms with Gasteiger partial charge in [0.05, 0.1) is 7.11 Å². The molecule has 0 aliphatic carbocycles. The molecule has 0 bridgehead atoms.